The zero-order valence-electron chi connectivity index (χ0n) is 11.6. The molecule has 7 heteroatoms. The van der Waals surface area contributed by atoms with Gasteiger partial charge in [0.1, 0.15) is 5.69 Å². The van der Waals surface area contributed by atoms with Crippen LogP contribution >= 0.6 is 0 Å². The minimum Gasteiger partial charge on any atom is -0.378 e. The lowest BCUT2D eigenvalue weighted by Gasteiger charge is -2.11. The predicted octanol–water partition coefficient (Wildman–Crippen LogP) is 0.985. The quantitative estimate of drug-likeness (QED) is 0.640. The minimum atomic E-state index is -0.511. The molecular formula is C13H16N6O. The SMILES string of the molecule is Cc1n[nH]c(=O)nc1NN=Cc1ccc(N(C)C)cc1. The van der Waals surface area contributed by atoms with Crippen LogP contribution in [0.15, 0.2) is 34.2 Å². The summed E-state index contributed by atoms with van der Waals surface area (Å²) in [5, 5.41) is 10.1. The molecule has 0 saturated carbocycles. The summed E-state index contributed by atoms with van der Waals surface area (Å²) in [6, 6.07) is 7.91. The molecule has 2 rings (SSSR count). The van der Waals surface area contributed by atoms with Crippen LogP contribution in [-0.4, -0.2) is 35.5 Å². The first-order valence-electron chi connectivity index (χ1n) is 6.06. The van der Waals surface area contributed by atoms with E-state index in [2.05, 4.69) is 25.7 Å². The van der Waals surface area contributed by atoms with Crippen molar-refractivity contribution in [3.8, 4) is 0 Å². The second kappa shape index (κ2) is 5.96. The summed E-state index contributed by atoms with van der Waals surface area (Å²) in [6.07, 6.45) is 1.65. The normalized spacial score (nSPS) is 10.8. The van der Waals surface area contributed by atoms with Crippen LogP contribution in [0.4, 0.5) is 11.5 Å². The number of hydrogen-bond acceptors (Lipinski definition) is 6. The zero-order chi connectivity index (χ0) is 14.5. The van der Waals surface area contributed by atoms with Crippen LogP contribution in [0.1, 0.15) is 11.3 Å². The monoisotopic (exact) mass is 272 g/mol. The summed E-state index contributed by atoms with van der Waals surface area (Å²) in [5.74, 6) is 0.343. The average Bonchev–Trinajstić information content (AvgIpc) is 2.43. The van der Waals surface area contributed by atoms with Crippen molar-refractivity contribution in [2.45, 2.75) is 6.92 Å². The van der Waals surface area contributed by atoms with E-state index in [9.17, 15) is 4.79 Å². The molecule has 0 saturated heterocycles. The topological polar surface area (TPSA) is 86.3 Å². The molecule has 1 aromatic heterocycles. The van der Waals surface area contributed by atoms with Crippen LogP contribution < -0.4 is 16.0 Å². The van der Waals surface area contributed by atoms with E-state index in [1.807, 2.05) is 43.3 Å². The van der Waals surface area contributed by atoms with Crippen LogP contribution in [0, 0.1) is 6.92 Å². The Morgan fingerprint density at radius 3 is 2.65 bits per heavy atom. The summed E-state index contributed by atoms with van der Waals surface area (Å²) < 4.78 is 0. The standard InChI is InChI=1S/C13H16N6O/c1-9-12(15-13(20)18-16-9)17-14-8-10-4-6-11(7-5-10)19(2)3/h4-8H,1-3H3,(H2,15,17,18,20). The lowest BCUT2D eigenvalue weighted by molar-refractivity contribution is 0.879. The lowest BCUT2D eigenvalue weighted by Crippen LogP contribution is -2.15. The van der Waals surface area contributed by atoms with E-state index in [-0.39, 0.29) is 0 Å². The Morgan fingerprint density at radius 2 is 2.00 bits per heavy atom. The first-order chi connectivity index (χ1) is 9.56. The number of hydrogen-bond donors (Lipinski definition) is 2. The van der Waals surface area contributed by atoms with Crippen LogP contribution in [0.3, 0.4) is 0 Å². The number of hydrazone groups is 1. The first kappa shape index (κ1) is 13.7. The second-order valence-corrected chi connectivity index (χ2v) is 4.43. The molecule has 0 fully saturated rings. The minimum absolute atomic E-state index is 0.343. The van der Waals surface area contributed by atoms with Crippen molar-refractivity contribution >= 4 is 17.7 Å². The molecule has 20 heavy (non-hydrogen) atoms. The molecule has 0 aliphatic rings. The van der Waals surface area contributed by atoms with Gasteiger partial charge < -0.3 is 4.90 Å². The highest BCUT2D eigenvalue weighted by atomic mass is 16.1. The highest BCUT2D eigenvalue weighted by Crippen LogP contribution is 2.11. The predicted molar refractivity (Wildman–Crippen MR) is 79.4 cm³/mol. The number of aromatic amines is 1. The average molecular weight is 272 g/mol. The third-order valence-corrected chi connectivity index (χ3v) is 2.67. The van der Waals surface area contributed by atoms with Gasteiger partial charge >= 0.3 is 5.69 Å². The molecule has 0 amide bonds. The van der Waals surface area contributed by atoms with Gasteiger partial charge in [0, 0.05) is 19.8 Å². The molecule has 2 aromatic rings. The number of nitrogens with one attached hydrogen (secondary N) is 2. The number of aromatic nitrogens is 3. The van der Waals surface area contributed by atoms with Crippen molar-refractivity contribution < 1.29 is 0 Å². The van der Waals surface area contributed by atoms with Gasteiger partial charge in [0.15, 0.2) is 5.82 Å². The molecule has 0 bridgehead atoms. The summed E-state index contributed by atoms with van der Waals surface area (Å²) in [7, 11) is 3.97. The van der Waals surface area contributed by atoms with E-state index in [0.717, 1.165) is 11.3 Å². The Hall–Kier alpha value is -2.70. The number of benzene rings is 1. The molecule has 0 aliphatic heterocycles. The maximum absolute atomic E-state index is 11.1. The fourth-order valence-corrected chi connectivity index (χ4v) is 1.52. The second-order valence-electron chi connectivity index (χ2n) is 4.43. The maximum Gasteiger partial charge on any atom is 0.363 e. The fraction of sp³-hybridized carbons (Fsp3) is 0.231. The summed E-state index contributed by atoms with van der Waals surface area (Å²) in [6.45, 7) is 1.73. The first-order valence-corrected chi connectivity index (χ1v) is 6.06. The van der Waals surface area contributed by atoms with E-state index >= 15 is 0 Å². The lowest BCUT2D eigenvalue weighted by atomic mass is 10.2. The van der Waals surface area contributed by atoms with Gasteiger partial charge in [-0.15, -0.1) is 0 Å². The van der Waals surface area contributed by atoms with Crippen LogP contribution in [0.2, 0.25) is 0 Å². The van der Waals surface area contributed by atoms with Crippen LogP contribution in [0.5, 0.6) is 0 Å². The fourth-order valence-electron chi connectivity index (χ4n) is 1.52. The largest absolute Gasteiger partial charge is 0.378 e. The van der Waals surface area contributed by atoms with Gasteiger partial charge in [0.05, 0.1) is 6.21 Å². The molecule has 7 nitrogen and oxygen atoms in total. The molecule has 0 atom stereocenters. The molecule has 2 N–H and O–H groups in total. The smallest absolute Gasteiger partial charge is 0.363 e. The zero-order valence-corrected chi connectivity index (χ0v) is 11.6. The Kier molecular flexibility index (Phi) is 4.09. The molecule has 0 unspecified atom stereocenters. The molecule has 1 heterocycles. The van der Waals surface area contributed by atoms with Gasteiger partial charge in [-0.3, -0.25) is 5.43 Å². The van der Waals surface area contributed by atoms with Gasteiger partial charge in [0.25, 0.3) is 0 Å². The van der Waals surface area contributed by atoms with E-state index < -0.39 is 5.69 Å². The number of aryl methyl sites for hydroxylation is 1. The van der Waals surface area contributed by atoms with Crippen molar-refractivity contribution in [2.75, 3.05) is 24.4 Å². The molecule has 104 valence electrons. The highest BCUT2D eigenvalue weighted by Gasteiger charge is 2.00. The molecule has 0 radical (unpaired) electrons. The van der Waals surface area contributed by atoms with Gasteiger partial charge in [-0.1, -0.05) is 12.1 Å². The Bertz CT molecular complexity index is 659. The van der Waals surface area contributed by atoms with Gasteiger partial charge in [0.2, 0.25) is 0 Å². The molecule has 0 spiro atoms. The number of rotatable bonds is 4. The molecular weight excluding hydrogens is 256 g/mol. The Balaban J connectivity index is 2.06. The Morgan fingerprint density at radius 1 is 1.30 bits per heavy atom. The molecule has 0 aliphatic carbocycles. The van der Waals surface area contributed by atoms with Crippen molar-refractivity contribution in [1.82, 2.24) is 15.2 Å². The van der Waals surface area contributed by atoms with Gasteiger partial charge in [-0.25, -0.2) is 9.89 Å². The third kappa shape index (κ3) is 3.41. The number of H-pyrrole nitrogens is 1. The van der Waals surface area contributed by atoms with Gasteiger partial charge in [-0.2, -0.15) is 15.2 Å². The number of anilines is 2. The number of nitrogens with zero attached hydrogens (tertiary/aromatic N) is 4. The highest BCUT2D eigenvalue weighted by molar-refractivity contribution is 5.80. The van der Waals surface area contributed by atoms with Crippen LogP contribution in [-0.2, 0) is 0 Å². The van der Waals surface area contributed by atoms with Crippen molar-refractivity contribution in [2.24, 2.45) is 5.10 Å². The van der Waals surface area contributed by atoms with E-state index in [4.69, 9.17) is 0 Å². The van der Waals surface area contributed by atoms with E-state index in [0.29, 0.717) is 11.5 Å². The van der Waals surface area contributed by atoms with Crippen molar-refractivity contribution in [1.29, 1.82) is 0 Å². The maximum atomic E-state index is 11.1. The van der Waals surface area contributed by atoms with E-state index in [1.54, 1.807) is 13.1 Å². The third-order valence-electron chi connectivity index (χ3n) is 2.67. The summed E-state index contributed by atoms with van der Waals surface area (Å²) in [5.41, 5.74) is 4.83. The summed E-state index contributed by atoms with van der Waals surface area (Å²) >= 11 is 0. The summed E-state index contributed by atoms with van der Waals surface area (Å²) in [4.78, 5) is 16.8. The van der Waals surface area contributed by atoms with E-state index in [1.165, 1.54) is 0 Å². The van der Waals surface area contributed by atoms with Gasteiger partial charge in [-0.05, 0) is 24.6 Å². The van der Waals surface area contributed by atoms with Crippen molar-refractivity contribution in [3.63, 3.8) is 0 Å². The molecule has 1 aromatic carbocycles. The Labute approximate surface area is 116 Å². The van der Waals surface area contributed by atoms with Crippen LogP contribution in [0.25, 0.3) is 0 Å². The van der Waals surface area contributed by atoms with Crippen molar-refractivity contribution in [3.05, 3.63) is 46.0 Å².